The Morgan fingerprint density at radius 3 is 2.72 bits per heavy atom. The molecule has 0 bridgehead atoms. The average molecular weight is 346 g/mol. The highest BCUT2D eigenvalue weighted by atomic mass is 16.5. The summed E-state index contributed by atoms with van der Waals surface area (Å²) in [5.74, 6) is 0.287. The van der Waals surface area contributed by atoms with Crippen LogP contribution in [0, 0.1) is 0 Å². The van der Waals surface area contributed by atoms with E-state index in [2.05, 4.69) is 20.3 Å². The van der Waals surface area contributed by atoms with Crippen LogP contribution in [-0.2, 0) is 9.47 Å². The number of H-pyrrole nitrogens is 1. The number of hydrogen-bond acceptors (Lipinski definition) is 7. The van der Waals surface area contributed by atoms with E-state index in [4.69, 9.17) is 14.2 Å². The fourth-order valence-corrected chi connectivity index (χ4v) is 2.60. The highest BCUT2D eigenvalue weighted by Gasteiger charge is 2.19. The molecule has 0 saturated carbocycles. The molecule has 1 fully saturated rings. The van der Waals surface area contributed by atoms with Gasteiger partial charge in [0.2, 0.25) is 0 Å². The van der Waals surface area contributed by atoms with Gasteiger partial charge in [0.15, 0.2) is 5.69 Å². The number of aromatic nitrogens is 3. The number of carbonyl (C=O) groups excluding carboxylic acids is 1. The van der Waals surface area contributed by atoms with Crippen molar-refractivity contribution < 1.29 is 19.0 Å². The summed E-state index contributed by atoms with van der Waals surface area (Å²) in [6.07, 6.45) is 0. The van der Waals surface area contributed by atoms with Gasteiger partial charge in [-0.2, -0.15) is 10.3 Å². The molecule has 134 valence electrons. The lowest BCUT2D eigenvalue weighted by atomic mass is 10.1. The minimum atomic E-state index is -0.489. The summed E-state index contributed by atoms with van der Waals surface area (Å²) < 4.78 is 16.1. The Kier molecular flexibility index (Phi) is 5.97. The summed E-state index contributed by atoms with van der Waals surface area (Å²) in [5.41, 5.74) is 1.43. The van der Waals surface area contributed by atoms with Crippen LogP contribution in [0.25, 0.3) is 11.3 Å². The van der Waals surface area contributed by atoms with E-state index in [-0.39, 0.29) is 5.69 Å². The van der Waals surface area contributed by atoms with Crippen molar-refractivity contribution in [2.75, 3.05) is 46.1 Å². The summed E-state index contributed by atoms with van der Waals surface area (Å²) in [5, 5.41) is 10.4. The Morgan fingerprint density at radius 2 is 2.00 bits per heavy atom. The first-order valence-corrected chi connectivity index (χ1v) is 8.39. The van der Waals surface area contributed by atoms with Gasteiger partial charge in [0.05, 0.1) is 19.8 Å². The van der Waals surface area contributed by atoms with Crippen LogP contribution in [0.2, 0.25) is 0 Å². The Bertz CT molecular complexity index is 680. The van der Waals surface area contributed by atoms with E-state index >= 15 is 0 Å². The summed E-state index contributed by atoms with van der Waals surface area (Å²) in [6.45, 7) is 7.02. The number of ether oxygens (including phenoxy) is 3. The number of nitrogens with zero attached hydrogens (tertiary/aromatic N) is 3. The molecule has 0 amide bonds. The van der Waals surface area contributed by atoms with Crippen molar-refractivity contribution in [3.63, 3.8) is 0 Å². The maximum absolute atomic E-state index is 11.9. The van der Waals surface area contributed by atoms with Crippen molar-refractivity contribution in [2.45, 2.75) is 6.92 Å². The van der Waals surface area contributed by atoms with Gasteiger partial charge in [0, 0.05) is 25.2 Å². The molecule has 8 heteroatoms. The minimum Gasteiger partial charge on any atom is -0.492 e. The van der Waals surface area contributed by atoms with Crippen LogP contribution in [0.15, 0.2) is 24.3 Å². The first kappa shape index (κ1) is 17.4. The van der Waals surface area contributed by atoms with E-state index in [0.29, 0.717) is 18.9 Å². The average Bonchev–Trinajstić information content (AvgIpc) is 3.13. The van der Waals surface area contributed by atoms with Gasteiger partial charge in [-0.3, -0.25) is 4.90 Å². The third kappa shape index (κ3) is 4.55. The standard InChI is InChI=1S/C17H22N4O4/c1-2-24-17(22)16-15(18-20-19-16)13-3-5-14(6-4-13)25-12-9-21-7-10-23-11-8-21/h3-6H,2,7-12H2,1H3,(H,18,19,20). The van der Waals surface area contributed by atoms with E-state index in [1.807, 2.05) is 24.3 Å². The predicted octanol–water partition coefficient (Wildman–Crippen LogP) is 1.36. The van der Waals surface area contributed by atoms with Gasteiger partial charge in [-0.15, -0.1) is 5.10 Å². The maximum Gasteiger partial charge on any atom is 0.361 e. The number of rotatable bonds is 7. The summed E-state index contributed by atoms with van der Waals surface area (Å²) in [4.78, 5) is 14.2. The fraction of sp³-hybridized carbons (Fsp3) is 0.471. The molecule has 0 unspecified atom stereocenters. The molecule has 0 spiro atoms. The van der Waals surface area contributed by atoms with E-state index in [1.165, 1.54) is 0 Å². The number of esters is 1. The van der Waals surface area contributed by atoms with Gasteiger partial charge in [-0.25, -0.2) is 4.79 Å². The largest absolute Gasteiger partial charge is 0.492 e. The monoisotopic (exact) mass is 346 g/mol. The Hall–Kier alpha value is -2.45. The topological polar surface area (TPSA) is 89.6 Å². The van der Waals surface area contributed by atoms with Crippen LogP contribution in [-0.4, -0.2) is 72.3 Å². The van der Waals surface area contributed by atoms with Crippen LogP contribution in [0.1, 0.15) is 17.4 Å². The van der Waals surface area contributed by atoms with E-state index < -0.39 is 5.97 Å². The first-order valence-electron chi connectivity index (χ1n) is 8.39. The van der Waals surface area contributed by atoms with E-state index in [0.717, 1.165) is 44.2 Å². The quantitative estimate of drug-likeness (QED) is 0.757. The highest BCUT2D eigenvalue weighted by molar-refractivity contribution is 5.93. The summed E-state index contributed by atoms with van der Waals surface area (Å²) >= 11 is 0. The molecular formula is C17H22N4O4. The Balaban J connectivity index is 1.57. The van der Waals surface area contributed by atoms with Crippen molar-refractivity contribution in [1.82, 2.24) is 20.3 Å². The van der Waals surface area contributed by atoms with Crippen LogP contribution < -0.4 is 4.74 Å². The van der Waals surface area contributed by atoms with Crippen molar-refractivity contribution in [1.29, 1.82) is 0 Å². The van der Waals surface area contributed by atoms with Crippen molar-refractivity contribution >= 4 is 5.97 Å². The van der Waals surface area contributed by atoms with Gasteiger partial charge in [0.1, 0.15) is 18.1 Å². The van der Waals surface area contributed by atoms with Gasteiger partial charge < -0.3 is 14.2 Å². The smallest absolute Gasteiger partial charge is 0.361 e. The third-order valence-electron chi connectivity index (χ3n) is 3.92. The number of hydrogen-bond donors (Lipinski definition) is 1. The second kappa shape index (κ2) is 8.59. The molecule has 1 aliphatic heterocycles. The lowest BCUT2D eigenvalue weighted by Crippen LogP contribution is -2.38. The number of aromatic amines is 1. The van der Waals surface area contributed by atoms with Crippen molar-refractivity contribution in [2.24, 2.45) is 0 Å². The van der Waals surface area contributed by atoms with E-state index in [9.17, 15) is 4.79 Å². The molecule has 1 N–H and O–H groups in total. The first-order chi connectivity index (χ1) is 12.3. The van der Waals surface area contributed by atoms with Crippen LogP contribution in [0.5, 0.6) is 5.75 Å². The second-order valence-electron chi connectivity index (χ2n) is 5.57. The molecule has 25 heavy (non-hydrogen) atoms. The Labute approximate surface area is 146 Å². The zero-order valence-corrected chi connectivity index (χ0v) is 14.2. The van der Waals surface area contributed by atoms with Crippen molar-refractivity contribution in [3.05, 3.63) is 30.0 Å². The molecule has 3 rings (SSSR count). The zero-order valence-electron chi connectivity index (χ0n) is 14.2. The SMILES string of the molecule is CCOC(=O)c1n[nH]nc1-c1ccc(OCCN2CCOCC2)cc1. The minimum absolute atomic E-state index is 0.183. The summed E-state index contributed by atoms with van der Waals surface area (Å²) in [7, 11) is 0. The van der Waals surface area contributed by atoms with Crippen LogP contribution in [0.3, 0.4) is 0 Å². The fourth-order valence-electron chi connectivity index (χ4n) is 2.60. The van der Waals surface area contributed by atoms with Crippen molar-refractivity contribution in [3.8, 4) is 17.0 Å². The lowest BCUT2D eigenvalue weighted by molar-refractivity contribution is 0.0322. The molecule has 2 aromatic rings. The summed E-state index contributed by atoms with van der Waals surface area (Å²) in [6, 6.07) is 7.42. The number of carbonyl (C=O) groups is 1. The molecule has 1 aliphatic rings. The van der Waals surface area contributed by atoms with Gasteiger partial charge >= 0.3 is 5.97 Å². The molecule has 0 atom stereocenters. The van der Waals surface area contributed by atoms with Gasteiger partial charge in [-0.1, -0.05) is 0 Å². The number of nitrogens with one attached hydrogen (secondary N) is 1. The van der Waals surface area contributed by atoms with Crippen LogP contribution in [0.4, 0.5) is 0 Å². The maximum atomic E-state index is 11.9. The molecule has 2 heterocycles. The molecule has 1 aromatic heterocycles. The lowest BCUT2D eigenvalue weighted by Gasteiger charge is -2.26. The normalized spacial score (nSPS) is 15.1. The molecule has 1 aromatic carbocycles. The number of morpholine rings is 1. The predicted molar refractivity (Wildman–Crippen MR) is 90.5 cm³/mol. The Morgan fingerprint density at radius 1 is 1.24 bits per heavy atom. The highest BCUT2D eigenvalue weighted by Crippen LogP contribution is 2.23. The zero-order chi connectivity index (χ0) is 17.5. The van der Waals surface area contributed by atoms with Gasteiger partial charge in [0.25, 0.3) is 0 Å². The van der Waals surface area contributed by atoms with Crippen LogP contribution >= 0.6 is 0 Å². The van der Waals surface area contributed by atoms with Gasteiger partial charge in [-0.05, 0) is 31.2 Å². The number of benzene rings is 1. The molecule has 1 saturated heterocycles. The third-order valence-corrected chi connectivity index (χ3v) is 3.92. The molecule has 0 radical (unpaired) electrons. The molecular weight excluding hydrogens is 324 g/mol. The molecule has 8 nitrogen and oxygen atoms in total. The second-order valence-corrected chi connectivity index (χ2v) is 5.57. The van der Waals surface area contributed by atoms with E-state index in [1.54, 1.807) is 6.92 Å². The molecule has 0 aliphatic carbocycles.